The van der Waals surface area contributed by atoms with Crippen molar-refractivity contribution in [2.75, 3.05) is 0 Å². The van der Waals surface area contributed by atoms with Crippen LogP contribution < -0.4 is 5.56 Å². The van der Waals surface area contributed by atoms with E-state index in [1.807, 2.05) is 0 Å². The van der Waals surface area contributed by atoms with E-state index in [4.69, 9.17) is 11.6 Å². The summed E-state index contributed by atoms with van der Waals surface area (Å²) in [4.78, 5) is 24.0. The van der Waals surface area contributed by atoms with Gasteiger partial charge in [-0.3, -0.25) is 9.59 Å². The lowest BCUT2D eigenvalue weighted by molar-refractivity contribution is 0.112. The molecule has 3 nitrogen and oxygen atoms in total. The van der Waals surface area contributed by atoms with Gasteiger partial charge in [0.1, 0.15) is 0 Å². The Hall–Kier alpha value is -1.09. The summed E-state index contributed by atoms with van der Waals surface area (Å²) in [6.07, 6.45) is 0.513. The predicted molar refractivity (Wildman–Crippen MR) is 46.9 cm³/mol. The van der Waals surface area contributed by atoms with Gasteiger partial charge in [0.25, 0.3) is 5.56 Å². The molecule has 0 spiro atoms. The Morgan fingerprint density at radius 2 is 2.00 bits per heavy atom. The minimum absolute atomic E-state index is 0.102. The number of aryl methyl sites for hydroxylation is 1. The van der Waals surface area contributed by atoms with Crippen molar-refractivity contribution in [3.8, 4) is 0 Å². The van der Waals surface area contributed by atoms with Gasteiger partial charge in [0.2, 0.25) is 0 Å². The number of rotatable bonds is 1. The molecule has 0 radical (unpaired) electrons. The first kappa shape index (κ1) is 9.00. The molecular weight excluding hydrogens is 178 g/mol. The maximum atomic E-state index is 11.1. The smallest absolute Gasteiger partial charge is 0.259 e. The third kappa shape index (κ3) is 1.28. The van der Waals surface area contributed by atoms with Crippen LogP contribution in [0.1, 0.15) is 21.6 Å². The number of pyridine rings is 1. The van der Waals surface area contributed by atoms with E-state index in [-0.39, 0.29) is 11.1 Å². The Labute approximate surface area is 74.4 Å². The number of aromatic nitrogens is 1. The van der Waals surface area contributed by atoms with Gasteiger partial charge in [-0.2, -0.15) is 0 Å². The topological polar surface area (TPSA) is 49.9 Å². The second kappa shape index (κ2) is 3.11. The molecule has 0 aromatic carbocycles. The zero-order valence-electron chi connectivity index (χ0n) is 6.77. The minimum atomic E-state index is -0.385. The average molecular weight is 186 g/mol. The Balaban J connectivity index is 3.62. The van der Waals surface area contributed by atoms with Crippen LogP contribution in [-0.2, 0) is 0 Å². The predicted octanol–water partition coefficient (Wildman–Crippen LogP) is 1.46. The summed E-state index contributed by atoms with van der Waals surface area (Å²) in [5.74, 6) is 0. The van der Waals surface area contributed by atoms with Gasteiger partial charge in [0.05, 0.1) is 10.6 Å². The molecule has 0 atom stereocenters. The lowest BCUT2D eigenvalue weighted by Gasteiger charge is -2.02. The maximum Gasteiger partial charge on any atom is 0.259 e. The molecule has 0 saturated heterocycles. The fraction of sp³-hybridized carbons (Fsp3) is 0.250. The quantitative estimate of drug-likeness (QED) is 0.674. The summed E-state index contributed by atoms with van der Waals surface area (Å²) in [7, 11) is 0. The van der Waals surface area contributed by atoms with Crippen LogP contribution in [0.5, 0.6) is 0 Å². The zero-order valence-corrected chi connectivity index (χ0v) is 7.53. The van der Waals surface area contributed by atoms with Crippen LogP contribution in [0, 0.1) is 13.8 Å². The summed E-state index contributed by atoms with van der Waals surface area (Å²) in [6.45, 7) is 3.33. The molecular formula is C8H8ClNO2. The highest BCUT2D eigenvalue weighted by molar-refractivity contribution is 6.32. The molecule has 1 aromatic rings. The summed E-state index contributed by atoms with van der Waals surface area (Å²) in [5, 5.41) is 0.441. The van der Waals surface area contributed by atoms with E-state index in [2.05, 4.69) is 4.98 Å². The Morgan fingerprint density at radius 3 is 2.50 bits per heavy atom. The first-order chi connectivity index (χ1) is 5.57. The van der Waals surface area contributed by atoms with Crippen LogP contribution in [0.15, 0.2) is 4.79 Å². The Kier molecular flexibility index (Phi) is 2.33. The third-order valence-corrected chi connectivity index (χ3v) is 2.29. The molecule has 1 N–H and O–H groups in total. The van der Waals surface area contributed by atoms with Crippen molar-refractivity contribution >= 4 is 17.9 Å². The van der Waals surface area contributed by atoms with E-state index >= 15 is 0 Å². The van der Waals surface area contributed by atoms with E-state index in [0.29, 0.717) is 22.6 Å². The van der Waals surface area contributed by atoms with E-state index < -0.39 is 0 Å². The van der Waals surface area contributed by atoms with E-state index in [1.54, 1.807) is 13.8 Å². The van der Waals surface area contributed by atoms with Crippen molar-refractivity contribution in [2.24, 2.45) is 0 Å². The molecule has 0 amide bonds. The van der Waals surface area contributed by atoms with Crippen LogP contribution in [0.4, 0.5) is 0 Å². The molecule has 1 aromatic heterocycles. The highest BCUT2D eigenvalue weighted by Gasteiger charge is 2.08. The maximum absolute atomic E-state index is 11.1. The normalized spacial score (nSPS) is 9.92. The van der Waals surface area contributed by atoms with Crippen molar-refractivity contribution in [3.63, 3.8) is 0 Å². The number of carbonyl (C=O) groups is 1. The van der Waals surface area contributed by atoms with E-state index in [9.17, 15) is 9.59 Å². The number of aromatic amines is 1. The highest BCUT2D eigenvalue weighted by atomic mass is 35.5. The fourth-order valence-electron chi connectivity index (χ4n) is 1.00. The highest BCUT2D eigenvalue weighted by Crippen LogP contribution is 2.17. The molecule has 0 aliphatic heterocycles. The number of nitrogens with one attached hydrogen (secondary N) is 1. The lowest BCUT2D eigenvalue weighted by Crippen LogP contribution is -2.15. The van der Waals surface area contributed by atoms with Gasteiger partial charge in [0, 0.05) is 5.69 Å². The minimum Gasteiger partial charge on any atom is -0.324 e. The van der Waals surface area contributed by atoms with Gasteiger partial charge < -0.3 is 4.98 Å². The summed E-state index contributed by atoms with van der Waals surface area (Å²) < 4.78 is 0. The summed E-state index contributed by atoms with van der Waals surface area (Å²) in [5.41, 5.74) is 0.840. The molecule has 64 valence electrons. The SMILES string of the molecule is Cc1[nH]c(=O)c(C=O)c(C)c1Cl. The first-order valence-corrected chi connectivity index (χ1v) is 3.80. The van der Waals surface area contributed by atoms with E-state index in [0.717, 1.165) is 0 Å². The fourth-order valence-corrected chi connectivity index (χ4v) is 1.15. The van der Waals surface area contributed by atoms with E-state index in [1.165, 1.54) is 0 Å². The van der Waals surface area contributed by atoms with Gasteiger partial charge in [-0.25, -0.2) is 0 Å². The largest absolute Gasteiger partial charge is 0.324 e. The second-order valence-electron chi connectivity index (χ2n) is 2.55. The van der Waals surface area contributed by atoms with Gasteiger partial charge in [-0.1, -0.05) is 11.6 Å². The zero-order chi connectivity index (χ0) is 9.30. The number of H-pyrrole nitrogens is 1. The molecule has 1 rings (SSSR count). The van der Waals surface area contributed by atoms with Crippen LogP contribution >= 0.6 is 11.6 Å². The molecule has 0 bridgehead atoms. The van der Waals surface area contributed by atoms with Gasteiger partial charge in [-0.15, -0.1) is 0 Å². The first-order valence-electron chi connectivity index (χ1n) is 3.42. The Morgan fingerprint density at radius 1 is 1.42 bits per heavy atom. The molecule has 0 saturated carbocycles. The average Bonchev–Trinajstić information content (AvgIpc) is 2.01. The van der Waals surface area contributed by atoms with Crippen LogP contribution in [0.3, 0.4) is 0 Å². The van der Waals surface area contributed by atoms with Crippen LogP contribution in [0.25, 0.3) is 0 Å². The molecule has 0 aliphatic carbocycles. The standard InChI is InChI=1S/C8H8ClNO2/c1-4-6(3-11)8(12)10-5(2)7(4)9/h3H,1-2H3,(H,10,12). The van der Waals surface area contributed by atoms with Crippen molar-refractivity contribution in [3.05, 3.63) is 32.2 Å². The molecule has 12 heavy (non-hydrogen) atoms. The van der Waals surface area contributed by atoms with Crippen LogP contribution in [-0.4, -0.2) is 11.3 Å². The molecule has 1 heterocycles. The molecule has 0 unspecified atom stereocenters. The number of carbonyl (C=O) groups excluding carboxylic acids is 1. The monoisotopic (exact) mass is 185 g/mol. The van der Waals surface area contributed by atoms with Crippen molar-refractivity contribution < 1.29 is 4.79 Å². The summed E-state index contributed by atoms with van der Waals surface area (Å²) >= 11 is 5.80. The number of aldehydes is 1. The Bertz CT molecular complexity index is 381. The van der Waals surface area contributed by atoms with Crippen molar-refractivity contribution in [1.29, 1.82) is 0 Å². The summed E-state index contributed by atoms with van der Waals surface area (Å²) in [6, 6.07) is 0. The van der Waals surface area contributed by atoms with Gasteiger partial charge >= 0.3 is 0 Å². The third-order valence-electron chi connectivity index (χ3n) is 1.73. The van der Waals surface area contributed by atoms with Gasteiger partial charge in [-0.05, 0) is 19.4 Å². The number of hydrogen-bond acceptors (Lipinski definition) is 2. The van der Waals surface area contributed by atoms with Gasteiger partial charge in [0.15, 0.2) is 6.29 Å². The molecule has 4 heteroatoms. The number of halogens is 1. The molecule has 0 fully saturated rings. The van der Waals surface area contributed by atoms with Crippen molar-refractivity contribution in [2.45, 2.75) is 13.8 Å². The molecule has 0 aliphatic rings. The second-order valence-corrected chi connectivity index (χ2v) is 2.93. The van der Waals surface area contributed by atoms with Crippen molar-refractivity contribution in [1.82, 2.24) is 4.98 Å². The van der Waals surface area contributed by atoms with Crippen LogP contribution in [0.2, 0.25) is 5.02 Å². The number of hydrogen-bond donors (Lipinski definition) is 1. The lowest BCUT2D eigenvalue weighted by atomic mass is 10.1.